The Hall–Kier alpha value is -2.83. The third-order valence-electron chi connectivity index (χ3n) is 4.12. The van der Waals surface area contributed by atoms with E-state index in [2.05, 4.69) is 0 Å². The molecule has 2 rings (SSSR count). The van der Waals surface area contributed by atoms with E-state index in [9.17, 15) is 14.0 Å². The van der Waals surface area contributed by atoms with Crippen molar-refractivity contribution in [1.82, 2.24) is 14.7 Å². The lowest BCUT2D eigenvalue weighted by atomic mass is 10.2. The van der Waals surface area contributed by atoms with Gasteiger partial charge in [0, 0.05) is 26.7 Å². The lowest BCUT2D eigenvalue weighted by molar-refractivity contribution is -0.133. The van der Waals surface area contributed by atoms with Gasteiger partial charge in [0.2, 0.25) is 5.91 Å². The van der Waals surface area contributed by atoms with E-state index in [1.807, 2.05) is 13.8 Å². The van der Waals surface area contributed by atoms with Crippen molar-refractivity contribution in [3.05, 3.63) is 59.8 Å². The van der Waals surface area contributed by atoms with Crippen molar-refractivity contribution in [1.29, 1.82) is 0 Å². The molecule has 0 aliphatic heterocycles. The highest BCUT2D eigenvalue weighted by atomic mass is 19.1. The van der Waals surface area contributed by atoms with E-state index < -0.39 is 0 Å². The molecule has 0 aliphatic rings. The lowest BCUT2D eigenvalue weighted by Gasteiger charge is -2.31. The fourth-order valence-corrected chi connectivity index (χ4v) is 2.61. The van der Waals surface area contributed by atoms with Crippen LogP contribution in [0.25, 0.3) is 0 Å². The summed E-state index contributed by atoms with van der Waals surface area (Å²) in [7, 11) is 3.31. The molecular weight excluding hydrogens is 349 g/mol. The number of halogens is 1. The van der Waals surface area contributed by atoms with Gasteiger partial charge in [0.05, 0.1) is 12.8 Å². The van der Waals surface area contributed by atoms with E-state index in [1.165, 1.54) is 21.9 Å². The van der Waals surface area contributed by atoms with Gasteiger partial charge in [-0.1, -0.05) is 12.1 Å². The first kappa shape index (κ1) is 20.5. The summed E-state index contributed by atoms with van der Waals surface area (Å²) in [5.41, 5.74) is 0.798. The minimum atomic E-state index is -0.328. The molecule has 27 heavy (non-hydrogen) atoms. The lowest BCUT2D eigenvalue weighted by Crippen LogP contribution is -2.49. The van der Waals surface area contributed by atoms with Gasteiger partial charge in [0.25, 0.3) is 0 Å². The molecule has 2 aromatic rings. The van der Waals surface area contributed by atoms with Crippen LogP contribution in [-0.4, -0.2) is 53.3 Å². The van der Waals surface area contributed by atoms with Crippen LogP contribution >= 0.6 is 0 Å². The normalized spacial score (nSPS) is 10.7. The summed E-state index contributed by atoms with van der Waals surface area (Å²) in [6, 6.07) is 9.20. The van der Waals surface area contributed by atoms with Crippen molar-refractivity contribution in [3.8, 4) is 0 Å². The minimum Gasteiger partial charge on any atom is -0.467 e. The van der Waals surface area contributed by atoms with Gasteiger partial charge in [0.15, 0.2) is 0 Å². The fraction of sp³-hybridized carbons (Fsp3) is 0.400. The second-order valence-corrected chi connectivity index (χ2v) is 6.85. The quantitative estimate of drug-likeness (QED) is 0.746. The van der Waals surface area contributed by atoms with Crippen molar-refractivity contribution < 1.29 is 18.4 Å². The number of benzene rings is 1. The molecule has 1 heterocycles. The molecule has 146 valence electrons. The fourth-order valence-electron chi connectivity index (χ4n) is 2.61. The van der Waals surface area contributed by atoms with Crippen molar-refractivity contribution >= 4 is 11.9 Å². The van der Waals surface area contributed by atoms with Crippen LogP contribution in [0.3, 0.4) is 0 Å². The topological polar surface area (TPSA) is 57.0 Å². The molecular formula is C20H26FN3O3. The van der Waals surface area contributed by atoms with Crippen LogP contribution in [0.2, 0.25) is 0 Å². The second kappa shape index (κ2) is 9.21. The zero-order chi connectivity index (χ0) is 20.0. The van der Waals surface area contributed by atoms with Crippen LogP contribution in [0.4, 0.5) is 9.18 Å². The Bertz CT molecular complexity index is 742. The molecule has 3 amide bonds. The first-order chi connectivity index (χ1) is 12.8. The average Bonchev–Trinajstić information content (AvgIpc) is 3.13. The molecule has 0 saturated carbocycles. The number of carbonyl (C=O) groups is 2. The summed E-state index contributed by atoms with van der Waals surface area (Å²) >= 11 is 0. The van der Waals surface area contributed by atoms with Crippen molar-refractivity contribution in [2.24, 2.45) is 0 Å². The summed E-state index contributed by atoms with van der Waals surface area (Å²) < 4.78 is 18.5. The molecule has 6 nitrogen and oxygen atoms in total. The van der Waals surface area contributed by atoms with E-state index in [1.54, 1.807) is 49.5 Å². The molecule has 0 fully saturated rings. The van der Waals surface area contributed by atoms with Gasteiger partial charge in [-0.15, -0.1) is 0 Å². The van der Waals surface area contributed by atoms with Gasteiger partial charge in [-0.2, -0.15) is 0 Å². The largest absolute Gasteiger partial charge is 0.467 e. The Morgan fingerprint density at radius 3 is 2.26 bits per heavy atom. The zero-order valence-electron chi connectivity index (χ0n) is 16.2. The Morgan fingerprint density at radius 2 is 1.74 bits per heavy atom. The average molecular weight is 375 g/mol. The van der Waals surface area contributed by atoms with Crippen molar-refractivity contribution in [2.45, 2.75) is 33.0 Å². The number of hydrogen-bond donors (Lipinski definition) is 0. The zero-order valence-corrected chi connectivity index (χ0v) is 16.2. The number of carbonyl (C=O) groups excluding carboxylic acids is 2. The highest BCUT2D eigenvalue weighted by Crippen LogP contribution is 2.13. The van der Waals surface area contributed by atoms with Crippen LogP contribution in [0.1, 0.15) is 25.2 Å². The molecule has 7 heteroatoms. The smallest absolute Gasteiger partial charge is 0.320 e. The van der Waals surface area contributed by atoms with Gasteiger partial charge in [-0.3, -0.25) is 4.79 Å². The van der Waals surface area contributed by atoms with E-state index in [0.717, 1.165) is 5.56 Å². The minimum absolute atomic E-state index is 0.0451. The third kappa shape index (κ3) is 5.84. The molecule has 0 spiro atoms. The summed E-state index contributed by atoms with van der Waals surface area (Å²) in [5.74, 6) is 0.102. The molecule has 1 aromatic carbocycles. The third-order valence-corrected chi connectivity index (χ3v) is 4.12. The first-order valence-electron chi connectivity index (χ1n) is 8.80. The predicted molar refractivity (Wildman–Crippen MR) is 100 cm³/mol. The van der Waals surface area contributed by atoms with Crippen molar-refractivity contribution in [2.75, 3.05) is 20.6 Å². The first-order valence-corrected chi connectivity index (χ1v) is 8.80. The summed E-state index contributed by atoms with van der Waals surface area (Å²) in [6.07, 6.45) is 1.55. The molecule has 0 N–H and O–H groups in total. The molecule has 0 bridgehead atoms. The Morgan fingerprint density at radius 1 is 1.07 bits per heavy atom. The SMILES string of the molecule is CC(C)N(CC(=O)N(Cc1ccc(F)cc1)Cc1ccco1)C(=O)N(C)C. The standard InChI is InChI=1S/C20H26FN3O3/c1-15(2)24(20(26)22(3)4)14-19(25)23(13-18-6-5-11-27-18)12-16-7-9-17(21)10-8-16/h5-11,15H,12-14H2,1-4H3. The number of amides is 3. The molecule has 0 aliphatic carbocycles. The Labute approximate surface area is 159 Å². The number of rotatable bonds is 7. The van der Waals surface area contributed by atoms with Crippen LogP contribution in [0.15, 0.2) is 47.1 Å². The van der Waals surface area contributed by atoms with E-state index in [4.69, 9.17) is 4.42 Å². The number of furan rings is 1. The molecule has 0 atom stereocenters. The predicted octanol–water partition coefficient (Wildman–Crippen LogP) is 3.34. The van der Waals surface area contributed by atoms with E-state index in [0.29, 0.717) is 12.3 Å². The van der Waals surface area contributed by atoms with Gasteiger partial charge < -0.3 is 19.1 Å². The van der Waals surface area contributed by atoms with Gasteiger partial charge in [-0.05, 0) is 43.7 Å². The second-order valence-electron chi connectivity index (χ2n) is 6.85. The highest BCUT2D eigenvalue weighted by molar-refractivity contribution is 5.84. The van der Waals surface area contributed by atoms with Crippen LogP contribution in [-0.2, 0) is 17.9 Å². The van der Waals surface area contributed by atoms with Crippen LogP contribution in [0, 0.1) is 5.82 Å². The van der Waals surface area contributed by atoms with E-state index >= 15 is 0 Å². The molecule has 0 radical (unpaired) electrons. The van der Waals surface area contributed by atoms with E-state index in [-0.39, 0.29) is 36.9 Å². The van der Waals surface area contributed by atoms with Gasteiger partial charge >= 0.3 is 6.03 Å². The molecule has 0 unspecified atom stereocenters. The van der Waals surface area contributed by atoms with Gasteiger partial charge in [0.1, 0.15) is 18.1 Å². The van der Waals surface area contributed by atoms with Crippen LogP contribution in [0.5, 0.6) is 0 Å². The maximum absolute atomic E-state index is 13.2. The maximum Gasteiger partial charge on any atom is 0.320 e. The number of nitrogens with zero attached hydrogens (tertiary/aromatic N) is 3. The molecule has 0 saturated heterocycles. The maximum atomic E-state index is 13.2. The van der Waals surface area contributed by atoms with Crippen molar-refractivity contribution in [3.63, 3.8) is 0 Å². The highest BCUT2D eigenvalue weighted by Gasteiger charge is 2.25. The van der Waals surface area contributed by atoms with Gasteiger partial charge in [-0.25, -0.2) is 9.18 Å². The van der Waals surface area contributed by atoms with Crippen LogP contribution < -0.4 is 0 Å². The number of urea groups is 1. The Kier molecular flexibility index (Phi) is 6.98. The summed E-state index contributed by atoms with van der Waals surface area (Å²) in [6.45, 7) is 4.25. The summed E-state index contributed by atoms with van der Waals surface area (Å²) in [4.78, 5) is 29.9. The molecule has 1 aromatic heterocycles. The Balaban J connectivity index is 2.18. The summed E-state index contributed by atoms with van der Waals surface area (Å²) in [5, 5.41) is 0. The monoisotopic (exact) mass is 375 g/mol. The number of hydrogen-bond acceptors (Lipinski definition) is 3.